The highest BCUT2D eigenvalue weighted by molar-refractivity contribution is 5.22. The largest absolute Gasteiger partial charge is 0.389 e. The van der Waals surface area contributed by atoms with Gasteiger partial charge in [0.15, 0.2) is 0 Å². The summed E-state index contributed by atoms with van der Waals surface area (Å²) in [7, 11) is 0. The summed E-state index contributed by atoms with van der Waals surface area (Å²) in [6.07, 6.45) is -5.97. The van der Waals surface area contributed by atoms with Gasteiger partial charge >= 0.3 is 6.18 Å². The summed E-state index contributed by atoms with van der Waals surface area (Å²) in [5, 5.41) is 17.4. The van der Waals surface area contributed by atoms with Crippen molar-refractivity contribution in [1.82, 2.24) is 10.2 Å². The first-order valence-electron chi connectivity index (χ1n) is 5.35. The lowest BCUT2D eigenvalue weighted by molar-refractivity contribution is -0.136. The van der Waals surface area contributed by atoms with Crippen molar-refractivity contribution in [2.75, 3.05) is 0 Å². The third-order valence-corrected chi connectivity index (χ3v) is 2.44. The monoisotopic (exact) mass is 248 g/mol. The molecular weight excluding hydrogens is 233 g/mol. The van der Waals surface area contributed by atoms with Gasteiger partial charge in [-0.25, -0.2) is 0 Å². The van der Waals surface area contributed by atoms with Crippen LogP contribution in [0.3, 0.4) is 0 Å². The highest BCUT2D eigenvalue weighted by atomic mass is 19.4. The van der Waals surface area contributed by atoms with E-state index < -0.39 is 18.7 Å². The van der Waals surface area contributed by atoms with Crippen molar-refractivity contribution >= 4 is 0 Å². The highest BCUT2D eigenvalue weighted by Crippen LogP contribution is 2.27. The zero-order valence-electron chi connectivity index (χ0n) is 9.75. The minimum absolute atomic E-state index is 0.0749. The molecule has 1 atom stereocenters. The Morgan fingerprint density at radius 2 is 1.94 bits per heavy atom. The molecule has 3 nitrogen and oxygen atoms in total. The second-order valence-electron chi connectivity index (χ2n) is 4.05. The summed E-state index contributed by atoms with van der Waals surface area (Å²) >= 11 is 0. The molecule has 0 bridgehead atoms. The average molecular weight is 248 g/mol. The second-order valence-corrected chi connectivity index (χ2v) is 4.05. The quantitative estimate of drug-likeness (QED) is 0.891. The summed E-state index contributed by atoms with van der Waals surface area (Å²) in [6.45, 7) is 3.40. The first kappa shape index (κ1) is 13.9. The molecule has 1 rings (SSSR count). The molecule has 0 spiro atoms. The summed E-state index contributed by atoms with van der Waals surface area (Å²) in [4.78, 5) is 0. The number of hydrogen-bond acceptors (Lipinski definition) is 3. The third-order valence-electron chi connectivity index (χ3n) is 2.44. The zero-order valence-corrected chi connectivity index (χ0v) is 9.75. The Morgan fingerprint density at radius 1 is 1.29 bits per heavy atom. The van der Waals surface area contributed by atoms with E-state index in [2.05, 4.69) is 10.2 Å². The number of nitrogens with zero attached hydrogens (tertiary/aromatic N) is 2. The van der Waals surface area contributed by atoms with Crippen molar-refractivity contribution < 1.29 is 18.3 Å². The summed E-state index contributed by atoms with van der Waals surface area (Å²) in [5.74, 6) is 0. The maximum atomic E-state index is 11.9. The maximum Gasteiger partial charge on any atom is 0.389 e. The first-order valence-corrected chi connectivity index (χ1v) is 5.35. The molecule has 6 heteroatoms. The fraction of sp³-hybridized carbons (Fsp3) is 0.636. The molecule has 0 saturated carbocycles. The van der Waals surface area contributed by atoms with Crippen molar-refractivity contribution in [3.8, 4) is 0 Å². The Bertz CT molecular complexity index is 379. The fourth-order valence-corrected chi connectivity index (χ4v) is 1.56. The van der Waals surface area contributed by atoms with Crippen LogP contribution in [0.5, 0.6) is 0 Å². The van der Waals surface area contributed by atoms with Crippen LogP contribution >= 0.6 is 0 Å². The van der Waals surface area contributed by atoms with Gasteiger partial charge in [-0.1, -0.05) is 0 Å². The Labute approximate surface area is 97.7 Å². The van der Waals surface area contributed by atoms with Gasteiger partial charge in [-0.3, -0.25) is 0 Å². The van der Waals surface area contributed by atoms with E-state index in [9.17, 15) is 18.3 Å². The minimum atomic E-state index is -4.17. The number of alkyl halides is 3. The number of hydrogen-bond donors (Lipinski definition) is 1. The number of aryl methyl sites for hydroxylation is 2. The fourth-order valence-electron chi connectivity index (χ4n) is 1.56. The van der Waals surface area contributed by atoms with E-state index >= 15 is 0 Å². The Balaban J connectivity index is 2.58. The molecule has 1 N–H and O–H groups in total. The number of aliphatic hydroxyl groups is 1. The van der Waals surface area contributed by atoms with Crippen LogP contribution in [-0.4, -0.2) is 21.5 Å². The van der Waals surface area contributed by atoms with E-state index in [1.54, 1.807) is 19.9 Å². The van der Waals surface area contributed by atoms with Crippen LogP contribution in [-0.2, 0) is 0 Å². The van der Waals surface area contributed by atoms with Crippen molar-refractivity contribution in [1.29, 1.82) is 0 Å². The van der Waals surface area contributed by atoms with E-state index in [4.69, 9.17) is 0 Å². The molecule has 0 radical (unpaired) electrons. The SMILES string of the molecule is Cc1cc(C(O)CCCC(F)(F)F)c(C)nn1. The molecule has 0 aromatic carbocycles. The maximum absolute atomic E-state index is 11.9. The molecule has 0 aliphatic carbocycles. The number of aromatic nitrogens is 2. The van der Waals surface area contributed by atoms with Gasteiger partial charge in [0, 0.05) is 12.0 Å². The molecule has 1 heterocycles. The smallest absolute Gasteiger partial charge is 0.388 e. The zero-order chi connectivity index (χ0) is 13.1. The van der Waals surface area contributed by atoms with Crippen LogP contribution in [0.2, 0.25) is 0 Å². The van der Waals surface area contributed by atoms with Crippen molar-refractivity contribution in [3.05, 3.63) is 23.0 Å². The Kier molecular flexibility index (Phi) is 4.45. The van der Waals surface area contributed by atoms with Gasteiger partial charge in [-0.2, -0.15) is 23.4 Å². The number of aliphatic hydroxyl groups excluding tert-OH is 1. The molecule has 0 aliphatic rings. The summed E-state index contributed by atoms with van der Waals surface area (Å²) in [6, 6.07) is 1.65. The summed E-state index contributed by atoms with van der Waals surface area (Å²) in [5.41, 5.74) is 1.75. The van der Waals surface area contributed by atoms with Crippen LogP contribution in [0.25, 0.3) is 0 Å². The molecule has 0 amide bonds. The molecule has 0 aliphatic heterocycles. The second kappa shape index (κ2) is 5.44. The van der Waals surface area contributed by atoms with Gasteiger partial charge in [-0.05, 0) is 32.8 Å². The Morgan fingerprint density at radius 3 is 2.53 bits per heavy atom. The van der Waals surface area contributed by atoms with Crippen LogP contribution in [0.4, 0.5) is 13.2 Å². The molecule has 17 heavy (non-hydrogen) atoms. The van der Waals surface area contributed by atoms with Gasteiger partial charge < -0.3 is 5.11 Å². The average Bonchev–Trinajstić information content (AvgIpc) is 2.19. The van der Waals surface area contributed by atoms with Gasteiger partial charge in [0.2, 0.25) is 0 Å². The van der Waals surface area contributed by atoms with Crippen molar-refractivity contribution in [3.63, 3.8) is 0 Å². The van der Waals surface area contributed by atoms with Gasteiger partial charge in [0.25, 0.3) is 0 Å². The standard InChI is InChI=1S/C11H15F3N2O/c1-7-6-9(8(2)16-15-7)10(17)4-3-5-11(12,13)14/h6,10,17H,3-5H2,1-2H3. The number of halogens is 3. The first-order chi connectivity index (χ1) is 7.79. The minimum Gasteiger partial charge on any atom is -0.388 e. The lowest BCUT2D eigenvalue weighted by Crippen LogP contribution is -2.09. The van der Waals surface area contributed by atoms with Crippen LogP contribution in [0, 0.1) is 13.8 Å². The Hall–Kier alpha value is -1.17. The molecule has 0 fully saturated rings. The molecule has 1 aromatic rings. The van der Waals surface area contributed by atoms with Crippen LogP contribution < -0.4 is 0 Å². The van der Waals surface area contributed by atoms with E-state index in [1.807, 2.05) is 0 Å². The van der Waals surface area contributed by atoms with Crippen molar-refractivity contribution in [2.45, 2.75) is 45.4 Å². The van der Waals surface area contributed by atoms with Gasteiger partial charge in [0.05, 0.1) is 17.5 Å². The molecule has 0 saturated heterocycles. The third kappa shape index (κ3) is 4.68. The molecule has 1 unspecified atom stereocenters. The molecular formula is C11H15F3N2O. The molecule has 96 valence electrons. The topological polar surface area (TPSA) is 46.0 Å². The van der Waals surface area contributed by atoms with Crippen LogP contribution in [0.1, 0.15) is 42.3 Å². The number of rotatable bonds is 4. The highest BCUT2D eigenvalue weighted by Gasteiger charge is 2.26. The van der Waals surface area contributed by atoms with E-state index in [0.29, 0.717) is 17.0 Å². The lowest BCUT2D eigenvalue weighted by atomic mass is 10.0. The van der Waals surface area contributed by atoms with Gasteiger partial charge in [0.1, 0.15) is 0 Å². The van der Waals surface area contributed by atoms with Crippen LogP contribution in [0.15, 0.2) is 6.07 Å². The van der Waals surface area contributed by atoms with Crippen molar-refractivity contribution in [2.24, 2.45) is 0 Å². The van der Waals surface area contributed by atoms with E-state index in [0.717, 1.165) is 0 Å². The predicted octanol–water partition coefficient (Wildman–Crippen LogP) is 2.86. The predicted molar refractivity (Wildman–Crippen MR) is 56.4 cm³/mol. The molecule has 1 aromatic heterocycles. The van der Waals surface area contributed by atoms with E-state index in [-0.39, 0.29) is 12.8 Å². The van der Waals surface area contributed by atoms with Gasteiger partial charge in [-0.15, -0.1) is 0 Å². The summed E-state index contributed by atoms with van der Waals surface area (Å²) < 4.78 is 35.8. The van der Waals surface area contributed by atoms with E-state index in [1.165, 1.54) is 0 Å². The lowest BCUT2D eigenvalue weighted by Gasteiger charge is -2.13. The normalized spacial score (nSPS) is 13.8.